The van der Waals surface area contributed by atoms with E-state index in [-0.39, 0.29) is 17.1 Å². The van der Waals surface area contributed by atoms with E-state index in [1.165, 1.54) is 6.07 Å². The first kappa shape index (κ1) is 16.8. The maximum Gasteiger partial charge on any atom is 0.338 e. The first-order valence-electron chi connectivity index (χ1n) is 6.82. The van der Waals surface area contributed by atoms with Gasteiger partial charge in [0.05, 0.1) is 16.2 Å². The maximum atomic E-state index is 13.4. The Bertz CT molecular complexity index is 1050. The summed E-state index contributed by atoms with van der Waals surface area (Å²) in [6.45, 7) is 0. The van der Waals surface area contributed by atoms with E-state index in [0.29, 0.717) is 0 Å². The number of carbonyl (C=O) groups is 1. The lowest BCUT2D eigenvalue weighted by molar-refractivity contribution is -0.385. The predicted octanol–water partition coefficient (Wildman–Crippen LogP) is 1.49. The van der Waals surface area contributed by atoms with Crippen LogP contribution in [0.4, 0.5) is 10.1 Å². The van der Waals surface area contributed by atoms with Crippen LogP contribution >= 0.6 is 0 Å². The molecular weight excluding hydrogens is 353 g/mol. The highest BCUT2D eigenvalue weighted by Crippen LogP contribution is 2.38. The van der Waals surface area contributed by atoms with Crippen LogP contribution in [0, 0.1) is 15.9 Å². The molecule has 0 atom stereocenters. The molecule has 11 nitrogen and oxygen atoms in total. The molecule has 132 valence electrons. The molecule has 0 saturated carbocycles. The van der Waals surface area contributed by atoms with Crippen LogP contribution < -0.4 is 0 Å². The molecule has 3 rings (SSSR count). The summed E-state index contributed by atoms with van der Waals surface area (Å²) >= 11 is 0. The summed E-state index contributed by atoms with van der Waals surface area (Å²) in [5.74, 6) is -4.23. The summed E-state index contributed by atoms with van der Waals surface area (Å²) in [5, 5.41) is 50.2. The molecule has 1 heterocycles. The number of tetrazole rings is 1. The second kappa shape index (κ2) is 6.08. The van der Waals surface area contributed by atoms with Gasteiger partial charge in [0, 0.05) is 11.6 Å². The lowest BCUT2D eigenvalue weighted by atomic mass is 10.1. The predicted molar refractivity (Wildman–Crippen MR) is 81.5 cm³/mol. The zero-order chi connectivity index (χ0) is 19.0. The molecule has 1 aromatic heterocycles. The number of hydrogen-bond donors (Lipinski definition) is 3. The fourth-order valence-corrected chi connectivity index (χ4v) is 2.11. The minimum Gasteiger partial charge on any atom is -0.504 e. The summed E-state index contributed by atoms with van der Waals surface area (Å²) in [4.78, 5) is 21.9. The van der Waals surface area contributed by atoms with Gasteiger partial charge in [-0.1, -0.05) is 0 Å². The number of benzene rings is 2. The van der Waals surface area contributed by atoms with Gasteiger partial charge in [0.2, 0.25) is 11.6 Å². The number of nitro groups is 1. The molecule has 0 radical (unpaired) electrons. The molecule has 3 N–H and O–H groups in total. The molecule has 0 aliphatic heterocycles. The van der Waals surface area contributed by atoms with Crippen molar-refractivity contribution in [2.24, 2.45) is 0 Å². The quantitative estimate of drug-likeness (QED) is 0.354. The largest absolute Gasteiger partial charge is 0.504 e. The van der Waals surface area contributed by atoms with Crippen LogP contribution in [0.15, 0.2) is 30.3 Å². The third-order valence-electron chi connectivity index (χ3n) is 3.35. The van der Waals surface area contributed by atoms with Gasteiger partial charge >= 0.3 is 11.7 Å². The molecule has 0 aliphatic rings. The number of halogens is 1. The molecule has 0 bridgehead atoms. The van der Waals surface area contributed by atoms with Gasteiger partial charge in [-0.25, -0.2) is 9.18 Å². The van der Waals surface area contributed by atoms with Crippen LogP contribution in [0.25, 0.3) is 17.1 Å². The zero-order valence-electron chi connectivity index (χ0n) is 12.6. The number of aromatic nitrogens is 4. The molecule has 0 aliphatic carbocycles. The van der Waals surface area contributed by atoms with Crippen molar-refractivity contribution in [1.29, 1.82) is 0 Å². The molecule has 26 heavy (non-hydrogen) atoms. The third kappa shape index (κ3) is 2.86. The van der Waals surface area contributed by atoms with E-state index in [4.69, 9.17) is 5.11 Å². The zero-order valence-corrected chi connectivity index (χ0v) is 12.6. The number of carboxylic acids is 1. The molecular formula is C14H8FN5O6. The second-order valence-corrected chi connectivity index (χ2v) is 4.99. The Hall–Kier alpha value is -4.09. The second-order valence-electron chi connectivity index (χ2n) is 4.99. The number of carboxylic acid groups (broad SMARTS) is 1. The first-order valence-corrected chi connectivity index (χ1v) is 6.82. The van der Waals surface area contributed by atoms with E-state index in [9.17, 15) is 29.5 Å². The van der Waals surface area contributed by atoms with Crippen molar-refractivity contribution in [3.05, 3.63) is 51.8 Å². The maximum absolute atomic E-state index is 13.4. The summed E-state index contributed by atoms with van der Waals surface area (Å²) in [7, 11) is 0. The molecule has 0 unspecified atom stereocenters. The topological polar surface area (TPSA) is 164 Å². The minimum absolute atomic E-state index is 0.0150. The number of aromatic carboxylic acids is 1. The molecule has 0 saturated heterocycles. The highest BCUT2D eigenvalue weighted by Gasteiger charge is 2.21. The summed E-state index contributed by atoms with van der Waals surface area (Å²) < 4.78 is 13.4. The SMILES string of the molecule is O=C(O)c1cc(-n2nnc(-c3cc(O)c(O)c([N+](=O)[O-])c3)n2)ccc1F. The summed E-state index contributed by atoms with van der Waals surface area (Å²) in [5.41, 5.74) is -1.29. The van der Waals surface area contributed by atoms with E-state index in [1.54, 1.807) is 0 Å². The van der Waals surface area contributed by atoms with Crippen molar-refractivity contribution >= 4 is 11.7 Å². The number of nitro benzene ring substituents is 1. The molecule has 0 spiro atoms. The van der Waals surface area contributed by atoms with E-state index in [1.807, 2.05) is 0 Å². The van der Waals surface area contributed by atoms with Gasteiger partial charge in [-0.2, -0.15) is 0 Å². The van der Waals surface area contributed by atoms with E-state index in [2.05, 4.69) is 15.4 Å². The van der Waals surface area contributed by atoms with E-state index >= 15 is 0 Å². The Labute approximate surface area is 142 Å². The normalized spacial score (nSPS) is 10.7. The Morgan fingerprint density at radius 1 is 1.23 bits per heavy atom. The highest BCUT2D eigenvalue weighted by atomic mass is 19.1. The standard InChI is InChI=1S/C14H8FN5O6/c15-9-2-1-7(5-8(9)14(23)24)19-17-13(16-18-19)6-3-10(20(25)26)12(22)11(21)4-6/h1-5,21-22H,(H,23,24). The fourth-order valence-electron chi connectivity index (χ4n) is 2.11. The van der Waals surface area contributed by atoms with Crippen LogP contribution in [0.2, 0.25) is 0 Å². The minimum atomic E-state index is -1.48. The number of rotatable bonds is 4. The Morgan fingerprint density at radius 2 is 1.96 bits per heavy atom. The van der Waals surface area contributed by atoms with Gasteiger partial charge in [-0.3, -0.25) is 10.1 Å². The van der Waals surface area contributed by atoms with Gasteiger partial charge < -0.3 is 15.3 Å². The van der Waals surface area contributed by atoms with Gasteiger partial charge in [0.1, 0.15) is 5.82 Å². The Kier molecular flexibility index (Phi) is 3.92. The number of nitrogens with zero attached hydrogens (tertiary/aromatic N) is 5. The van der Waals surface area contributed by atoms with Crippen LogP contribution in [0.1, 0.15) is 10.4 Å². The average Bonchev–Trinajstić information content (AvgIpc) is 3.07. The van der Waals surface area contributed by atoms with E-state index < -0.39 is 39.5 Å². The molecule has 12 heteroatoms. The number of phenols is 2. The summed E-state index contributed by atoms with van der Waals surface area (Å²) in [6.07, 6.45) is 0. The van der Waals surface area contributed by atoms with Crippen molar-refractivity contribution in [1.82, 2.24) is 20.2 Å². The van der Waals surface area contributed by atoms with Gasteiger partial charge in [-0.15, -0.1) is 15.0 Å². The summed E-state index contributed by atoms with van der Waals surface area (Å²) in [6, 6.07) is 5.05. The average molecular weight is 361 g/mol. The lowest BCUT2D eigenvalue weighted by Gasteiger charge is -2.02. The molecule has 0 amide bonds. The number of hydrogen-bond acceptors (Lipinski definition) is 8. The van der Waals surface area contributed by atoms with Crippen molar-refractivity contribution in [2.75, 3.05) is 0 Å². The van der Waals surface area contributed by atoms with Crippen LogP contribution in [0.5, 0.6) is 11.5 Å². The third-order valence-corrected chi connectivity index (χ3v) is 3.35. The lowest BCUT2D eigenvalue weighted by Crippen LogP contribution is -2.05. The Balaban J connectivity index is 2.05. The molecule has 3 aromatic rings. The van der Waals surface area contributed by atoms with Gasteiger partial charge in [0.15, 0.2) is 5.75 Å². The smallest absolute Gasteiger partial charge is 0.338 e. The first-order chi connectivity index (χ1) is 12.3. The van der Waals surface area contributed by atoms with Crippen LogP contribution in [0.3, 0.4) is 0 Å². The molecule has 0 fully saturated rings. The monoisotopic (exact) mass is 361 g/mol. The van der Waals surface area contributed by atoms with Crippen molar-refractivity contribution < 1.29 is 29.4 Å². The number of phenolic OH excluding ortho intramolecular Hbond substituents is 2. The fraction of sp³-hybridized carbons (Fsp3) is 0. The van der Waals surface area contributed by atoms with E-state index in [0.717, 1.165) is 29.1 Å². The van der Waals surface area contributed by atoms with Crippen molar-refractivity contribution in [3.63, 3.8) is 0 Å². The Morgan fingerprint density at radius 3 is 2.62 bits per heavy atom. The van der Waals surface area contributed by atoms with Gasteiger partial charge in [0.25, 0.3) is 0 Å². The van der Waals surface area contributed by atoms with Crippen molar-refractivity contribution in [2.45, 2.75) is 0 Å². The van der Waals surface area contributed by atoms with Crippen LogP contribution in [-0.2, 0) is 0 Å². The van der Waals surface area contributed by atoms with Crippen LogP contribution in [-0.4, -0.2) is 46.4 Å². The van der Waals surface area contributed by atoms with Gasteiger partial charge in [-0.05, 0) is 29.5 Å². The highest BCUT2D eigenvalue weighted by molar-refractivity contribution is 5.88. The molecule has 2 aromatic carbocycles. The van der Waals surface area contributed by atoms with Crippen molar-refractivity contribution in [3.8, 4) is 28.6 Å². The number of aromatic hydroxyl groups is 2.